The highest BCUT2D eigenvalue weighted by molar-refractivity contribution is 5.49. The summed E-state index contributed by atoms with van der Waals surface area (Å²) in [6.45, 7) is 0.848. The van der Waals surface area contributed by atoms with Crippen LogP contribution in [-0.2, 0) is 9.53 Å². The predicted molar refractivity (Wildman–Crippen MR) is 48.0 cm³/mol. The summed E-state index contributed by atoms with van der Waals surface area (Å²) in [5.74, 6) is 0.664. The Morgan fingerprint density at radius 1 is 1.75 bits per heavy atom. The number of hydrogen-bond acceptors (Lipinski definition) is 2. The normalized spacial score (nSPS) is 22.4. The van der Waals surface area contributed by atoms with E-state index in [4.69, 9.17) is 4.74 Å². The summed E-state index contributed by atoms with van der Waals surface area (Å²) in [4.78, 5) is 10.1. The number of methoxy groups -OCH3 is 1. The van der Waals surface area contributed by atoms with Crippen molar-refractivity contribution >= 4 is 6.29 Å². The summed E-state index contributed by atoms with van der Waals surface area (Å²) in [5.41, 5.74) is 1.43. The first-order chi connectivity index (χ1) is 5.86. The van der Waals surface area contributed by atoms with Crippen LogP contribution in [0.2, 0.25) is 0 Å². The van der Waals surface area contributed by atoms with E-state index in [1.54, 1.807) is 7.11 Å². The summed E-state index contributed by atoms with van der Waals surface area (Å²) in [6.07, 6.45) is 7.12. The first kappa shape index (κ1) is 9.46. The molecule has 2 nitrogen and oxygen atoms in total. The average molecular weight is 168 g/mol. The van der Waals surface area contributed by atoms with Gasteiger partial charge in [0.1, 0.15) is 6.29 Å². The lowest BCUT2D eigenvalue weighted by Gasteiger charge is -2.07. The summed E-state index contributed by atoms with van der Waals surface area (Å²) in [6, 6.07) is 0. The highest BCUT2D eigenvalue weighted by Crippen LogP contribution is 2.27. The van der Waals surface area contributed by atoms with Gasteiger partial charge in [-0.15, -0.1) is 0 Å². The fourth-order valence-corrected chi connectivity index (χ4v) is 1.68. The second kappa shape index (κ2) is 5.09. The van der Waals surface area contributed by atoms with Crippen LogP contribution in [0.3, 0.4) is 0 Å². The number of hydrogen-bond donors (Lipinski definition) is 0. The summed E-state index contributed by atoms with van der Waals surface area (Å²) < 4.78 is 5.08. The Morgan fingerprint density at radius 3 is 3.25 bits per heavy atom. The maximum absolute atomic E-state index is 10.1. The molecule has 1 unspecified atom stereocenters. The number of carbonyl (C=O) groups is 1. The summed E-state index contributed by atoms with van der Waals surface area (Å²) >= 11 is 0. The monoisotopic (exact) mass is 168 g/mol. The molecule has 0 radical (unpaired) electrons. The molecule has 0 fully saturated rings. The van der Waals surface area contributed by atoms with E-state index in [2.05, 4.69) is 6.08 Å². The lowest BCUT2D eigenvalue weighted by molar-refractivity contribution is -0.107. The van der Waals surface area contributed by atoms with E-state index in [9.17, 15) is 4.79 Å². The van der Waals surface area contributed by atoms with Gasteiger partial charge in [0, 0.05) is 20.1 Å². The fourth-order valence-electron chi connectivity index (χ4n) is 1.68. The van der Waals surface area contributed by atoms with Crippen LogP contribution in [0.4, 0.5) is 0 Å². The first-order valence-corrected chi connectivity index (χ1v) is 4.47. The molecule has 0 heterocycles. The SMILES string of the molecule is COCC1CC=C(CCC=O)C1. The van der Waals surface area contributed by atoms with Crippen molar-refractivity contribution in [3.63, 3.8) is 0 Å². The highest BCUT2D eigenvalue weighted by atomic mass is 16.5. The second-order valence-corrected chi connectivity index (χ2v) is 3.33. The van der Waals surface area contributed by atoms with Crippen LogP contribution in [0.25, 0.3) is 0 Å². The third-order valence-electron chi connectivity index (χ3n) is 2.28. The van der Waals surface area contributed by atoms with Crippen LogP contribution in [0.1, 0.15) is 25.7 Å². The topological polar surface area (TPSA) is 26.3 Å². The van der Waals surface area contributed by atoms with Crippen LogP contribution in [0.15, 0.2) is 11.6 Å². The van der Waals surface area contributed by atoms with E-state index in [0.717, 1.165) is 32.2 Å². The van der Waals surface area contributed by atoms with Gasteiger partial charge < -0.3 is 9.53 Å². The molecule has 1 atom stereocenters. The third-order valence-corrected chi connectivity index (χ3v) is 2.28. The van der Waals surface area contributed by atoms with Gasteiger partial charge in [0.05, 0.1) is 0 Å². The van der Waals surface area contributed by atoms with Crippen molar-refractivity contribution in [3.8, 4) is 0 Å². The standard InChI is InChI=1S/C10H16O2/c1-12-8-10-5-4-9(7-10)3-2-6-11/h4,6,10H,2-3,5,7-8H2,1H3. The minimum Gasteiger partial charge on any atom is -0.384 e. The van der Waals surface area contributed by atoms with E-state index in [1.807, 2.05) is 0 Å². The molecule has 1 aliphatic rings. The minimum absolute atomic E-state index is 0.664. The Labute approximate surface area is 73.6 Å². The molecule has 0 saturated heterocycles. The van der Waals surface area contributed by atoms with Crippen molar-refractivity contribution in [3.05, 3.63) is 11.6 Å². The van der Waals surface area contributed by atoms with Crippen LogP contribution < -0.4 is 0 Å². The predicted octanol–water partition coefficient (Wildman–Crippen LogP) is 1.95. The van der Waals surface area contributed by atoms with Gasteiger partial charge in [0.25, 0.3) is 0 Å². The molecule has 1 aliphatic carbocycles. The molecule has 0 amide bonds. The lowest BCUT2D eigenvalue weighted by Crippen LogP contribution is -2.03. The van der Waals surface area contributed by atoms with Crippen LogP contribution >= 0.6 is 0 Å². The van der Waals surface area contributed by atoms with Crippen LogP contribution in [-0.4, -0.2) is 20.0 Å². The van der Waals surface area contributed by atoms with Gasteiger partial charge in [0.2, 0.25) is 0 Å². The van der Waals surface area contributed by atoms with E-state index < -0.39 is 0 Å². The van der Waals surface area contributed by atoms with Gasteiger partial charge >= 0.3 is 0 Å². The zero-order valence-electron chi connectivity index (χ0n) is 7.58. The van der Waals surface area contributed by atoms with Crippen molar-refractivity contribution < 1.29 is 9.53 Å². The maximum Gasteiger partial charge on any atom is 0.120 e. The lowest BCUT2D eigenvalue weighted by atomic mass is 10.0. The molecule has 68 valence electrons. The van der Waals surface area contributed by atoms with Crippen molar-refractivity contribution in [2.45, 2.75) is 25.7 Å². The largest absolute Gasteiger partial charge is 0.384 e. The van der Waals surface area contributed by atoms with Crippen molar-refractivity contribution in [2.24, 2.45) is 5.92 Å². The number of rotatable bonds is 5. The van der Waals surface area contributed by atoms with Gasteiger partial charge in [-0.05, 0) is 25.2 Å². The quantitative estimate of drug-likeness (QED) is 0.463. The molecule has 2 heteroatoms. The molecule has 0 bridgehead atoms. The molecule has 12 heavy (non-hydrogen) atoms. The Morgan fingerprint density at radius 2 is 2.58 bits per heavy atom. The molecule has 0 aliphatic heterocycles. The minimum atomic E-state index is 0.664. The fraction of sp³-hybridized carbons (Fsp3) is 0.700. The van der Waals surface area contributed by atoms with Gasteiger partial charge in [-0.2, -0.15) is 0 Å². The molecule has 0 aromatic rings. The molecule has 0 aromatic carbocycles. The van der Waals surface area contributed by atoms with E-state index in [1.165, 1.54) is 5.57 Å². The second-order valence-electron chi connectivity index (χ2n) is 3.33. The third kappa shape index (κ3) is 2.78. The highest BCUT2D eigenvalue weighted by Gasteiger charge is 2.15. The van der Waals surface area contributed by atoms with Crippen molar-refractivity contribution in [1.29, 1.82) is 0 Å². The number of ether oxygens (including phenoxy) is 1. The molecule has 0 spiro atoms. The van der Waals surface area contributed by atoms with E-state index >= 15 is 0 Å². The number of aldehydes is 1. The van der Waals surface area contributed by atoms with Gasteiger partial charge in [-0.25, -0.2) is 0 Å². The van der Waals surface area contributed by atoms with Gasteiger partial charge in [0.15, 0.2) is 0 Å². The van der Waals surface area contributed by atoms with Crippen molar-refractivity contribution in [1.82, 2.24) is 0 Å². The first-order valence-electron chi connectivity index (χ1n) is 4.47. The molecule has 0 saturated carbocycles. The Bertz CT molecular complexity index is 173. The number of carbonyl (C=O) groups excluding carboxylic acids is 1. The summed E-state index contributed by atoms with van der Waals surface area (Å²) in [5, 5.41) is 0. The van der Waals surface area contributed by atoms with E-state index in [-0.39, 0.29) is 0 Å². The molecular formula is C10H16O2. The molecular weight excluding hydrogens is 152 g/mol. The maximum atomic E-state index is 10.1. The smallest absolute Gasteiger partial charge is 0.120 e. The Hall–Kier alpha value is -0.630. The van der Waals surface area contributed by atoms with E-state index in [0.29, 0.717) is 12.3 Å². The average Bonchev–Trinajstić information content (AvgIpc) is 2.50. The van der Waals surface area contributed by atoms with Crippen LogP contribution in [0, 0.1) is 5.92 Å². The van der Waals surface area contributed by atoms with Gasteiger partial charge in [-0.1, -0.05) is 11.6 Å². The Balaban J connectivity index is 2.18. The van der Waals surface area contributed by atoms with Crippen LogP contribution in [0.5, 0.6) is 0 Å². The molecule has 0 N–H and O–H groups in total. The van der Waals surface area contributed by atoms with Gasteiger partial charge in [-0.3, -0.25) is 0 Å². The summed E-state index contributed by atoms with van der Waals surface area (Å²) in [7, 11) is 1.74. The number of allylic oxidation sites excluding steroid dienone is 2. The molecule has 1 rings (SSSR count). The Kier molecular flexibility index (Phi) is 4.01. The molecule has 0 aromatic heterocycles. The zero-order chi connectivity index (χ0) is 8.81. The van der Waals surface area contributed by atoms with Crippen molar-refractivity contribution in [2.75, 3.05) is 13.7 Å². The zero-order valence-corrected chi connectivity index (χ0v) is 7.58.